The second kappa shape index (κ2) is 8.08. The normalized spacial score (nSPS) is 25.0. The molecule has 3 rings (SSSR count). The summed E-state index contributed by atoms with van der Waals surface area (Å²) in [4.78, 5) is 23.8. The number of sulfonamides is 1. The summed E-state index contributed by atoms with van der Waals surface area (Å²) in [6.45, 7) is 1.33. The van der Waals surface area contributed by atoms with Crippen LogP contribution >= 0.6 is 0 Å². The Morgan fingerprint density at radius 1 is 1.18 bits per heavy atom. The second-order valence-electron chi connectivity index (χ2n) is 7.26. The van der Waals surface area contributed by atoms with Crippen molar-refractivity contribution in [3.63, 3.8) is 0 Å². The molecular formula is C19H26N2O6S. The minimum atomic E-state index is -3.97. The third kappa shape index (κ3) is 3.73. The number of hydrogen-bond donors (Lipinski definition) is 1. The highest BCUT2D eigenvalue weighted by atomic mass is 32.2. The van der Waals surface area contributed by atoms with E-state index in [0.29, 0.717) is 12.2 Å². The molecule has 1 amide bonds. The molecule has 1 saturated carbocycles. The zero-order valence-corrected chi connectivity index (χ0v) is 17.1. The van der Waals surface area contributed by atoms with Gasteiger partial charge in [0.2, 0.25) is 15.9 Å². The fourth-order valence-corrected chi connectivity index (χ4v) is 6.25. The van der Waals surface area contributed by atoms with E-state index in [4.69, 9.17) is 9.47 Å². The zero-order chi connectivity index (χ0) is 20.5. The Bertz CT molecular complexity index is 869. The minimum Gasteiger partial charge on any atom is -0.495 e. The van der Waals surface area contributed by atoms with Gasteiger partial charge in [0.15, 0.2) is 0 Å². The van der Waals surface area contributed by atoms with E-state index in [2.05, 4.69) is 5.32 Å². The molecular weight excluding hydrogens is 384 g/mol. The van der Waals surface area contributed by atoms with E-state index < -0.39 is 22.0 Å². The van der Waals surface area contributed by atoms with E-state index in [1.165, 1.54) is 43.6 Å². The van der Waals surface area contributed by atoms with Crippen LogP contribution in [0.3, 0.4) is 0 Å². The van der Waals surface area contributed by atoms with Gasteiger partial charge in [0.25, 0.3) is 0 Å². The molecule has 1 aliphatic carbocycles. The predicted molar refractivity (Wildman–Crippen MR) is 102 cm³/mol. The lowest BCUT2D eigenvalue weighted by Gasteiger charge is -2.32. The van der Waals surface area contributed by atoms with Crippen LogP contribution in [-0.4, -0.2) is 50.9 Å². The molecule has 2 fully saturated rings. The van der Waals surface area contributed by atoms with Gasteiger partial charge in [-0.25, -0.2) is 8.42 Å². The summed E-state index contributed by atoms with van der Waals surface area (Å²) in [6.07, 6.45) is 4.08. The topological polar surface area (TPSA) is 102 Å². The van der Waals surface area contributed by atoms with Crippen molar-refractivity contribution in [2.45, 2.75) is 56.0 Å². The molecule has 28 heavy (non-hydrogen) atoms. The molecule has 2 aliphatic rings. The number of nitrogens with one attached hydrogen (secondary N) is 1. The molecule has 154 valence electrons. The van der Waals surface area contributed by atoms with E-state index in [1.54, 1.807) is 0 Å². The summed E-state index contributed by atoms with van der Waals surface area (Å²) >= 11 is 0. The van der Waals surface area contributed by atoms with Crippen LogP contribution in [0, 0.1) is 5.92 Å². The van der Waals surface area contributed by atoms with E-state index in [9.17, 15) is 18.0 Å². The number of rotatable bonds is 5. The van der Waals surface area contributed by atoms with Crippen LogP contribution in [0.4, 0.5) is 5.69 Å². The van der Waals surface area contributed by atoms with Crippen molar-refractivity contribution in [1.82, 2.24) is 4.31 Å². The smallest absolute Gasteiger partial charge is 0.324 e. The second-order valence-corrected chi connectivity index (χ2v) is 9.11. The average molecular weight is 410 g/mol. The van der Waals surface area contributed by atoms with Crippen LogP contribution in [0.25, 0.3) is 0 Å². The van der Waals surface area contributed by atoms with Crippen LogP contribution in [0.15, 0.2) is 23.1 Å². The van der Waals surface area contributed by atoms with Crippen molar-refractivity contribution >= 4 is 27.6 Å². The van der Waals surface area contributed by atoms with Gasteiger partial charge in [0, 0.05) is 13.0 Å². The first-order valence-electron chi connectivity index (χ1n) is 9.36. The maximum Gasteiger partial charge on any atom is 0.324 e. The number of fused-ring (bicyclic) bond motifs is 1. The van der Waals surface area contributed by atoms with Crippen LogP contribution < -0.4 is 10.1 Å². The number of ether oxygens (including phenoxy) is 2. The van der Waals surface area contributed by atoms with Gasteiger partial charge in [-0.05, 0) is 43.4 Å². The Morgan fingerprint density at radius 3 is 2.54 bits per heavy atom. The molecule has 1 aromatic carbocycles. The molecule has 0 aromatic heterocycles. The van der Waals surface area contributed by atoms with Crippen molar-refractivity contribution < 1.29 is 27.5 Å². The fraction of sp³-hybridized carbons (Fsp3) is 0.579. The molecule has 0 spiro atoms. The molecule has 1 aromatic rings. The lowest BCUT2D eigenvalue weighted by molar-refractivity contribution is -0.144. The van der Waals surface area contributed by atoms with Crippen molar-refractivity contribution in [1.29, 1.82) is 0 Å². The summed E-state index contributed by atoms with van der Waals surface area (Å²) in [5.41, 5.74) is 0.269. The average Bonchev–Trinajstić information content (AvgIpc) is 3.07. The predicted octanol–water partition coefficient (Wildman–Crippen LogP) is 2.15. The summed E-state index contributed by atoms with van der Waals surface area (Å²) in [5, 5.41) is 2.59. The quantitative estimate of drug-likeness (QED) is 0.747. The number of esters is 1. The molecule has 0 bridgehead atoms. The lowest BCUT2D eigenvalue weighted by atomic mass is 9.85. The molecule has 3 atom stereocenters. The van der Waals surface area contributed by atoms with Gasteiger partial charge in [-0.1, -0.05) is 12.8 Å². The molecule has 1 heterocycles. The number of benzene rings is 1. The largest absolute Gasteiger partial charge is 0.495 e. The first-order chi connectivity index (χ1) is 13.3. The molecule has 0 unspecified atom stereocenters. The van der Waals surface area contributed by atoms with Crippen LogP contribution in [-0.2, 0) is 24.3 Å². The number of anilines is 1. The minimum absolute atomic E-state index is 0.0113. The summed E-state index contributed by atoms with van der Waals surface area (Å²) in [5.74, 6) is -0.362. The Morgan fingerprint density at radius 2 is 1.89 bits per heavy atom. The number of hydrogen-bond acceptors (Lipinski definition) is 6. The highest BCUT2D eigenvalue weighted by molar-refractivity contribution is 7.89. The Kier molecular flexibility index (Phi) is 5.95. The SMILES string of the molecule is COC(=O)[C@@H]1C[C@H]2CCCC[C@@H]2N1S(=O)(=O)c1ccc(OC)c(NC(C)=O)c1. The number of methoxy groups -OCH3 is 2. The molecule has 9 heteroatoms. The van der Waals surface area contributed by atoms with Crippen molar-refractivity contribution in [3.8, 4) is 5.75 Å². The Labute approximate surface area is 165 Å². The third-order valence-electron chi connectivity index (χ3n) is 5.56. The summed E-state index contributed by atoms with van der Waals surface area (Å²) in [7, 11) is -1.26. The summed E-state index contributed by atoms with van der Waals surface area (Å²) in [6, 6.07) is 3.27. The zero-order valence-electron chi connectivity index (χ0n) is 16.3. The fourth-order valence-electron chi connectivity index (χ4n) is 4.36. The highest BCUT2D eigenvalue weighted by Gasteiger charge is 2.51. The van der Waals surface area contributed by atoms with Crippen LogP contribution in [0.2, 0.25) is 0 Å². The number of carbonyl (C=O) groups is 2. The molecule has 1 aliphatic heterocycles. The van der Waals surface area contributed by atoms with Crippen molar-refractivity contribution in [2.75, 3.05) is 19.5 Å². The van der Waals surface area contributed by atoms with E-state index in [0.717, 1.165) is 25.7 Å². The first-order valence-corrected chi connectivity index (χ1v) is 10.8. The van der Waals surface area contributed by atoms with E-state index in [1.807, 2.05) is 0 Å². The highest BCUT2D eigenvalue weighted by Crippen LogP contribution is 2.43. The number of amides is 1. The van der Waals surface area contributed by atoms with E-state index >= 15 is 0 Å². The maximum absolute atomic E-state index is 13.5. The van der Waals surface area contributed by atoms with Gasteiger partial charge in [-0.15, -0.1) is 0 Å². The van der Waals surface area contributed by atoms with Gasteiger partial charge < -0.3 is 14.8 Å². The lowest BCUT2D eigenvalue weighted by Crippen LogP contribution is -2.46. The first kappa shape index (κ1) is 20.6. The molecule has 1 saturated heterocycles. The molecule has 0 radical (unpaired) electrons. The number of nitrogens with zero attached hydrogens (tertiary/aromatic N) is 1. The monoisotopic (exact) mass is 410 g/mol. The van der Waals surface area contributed by atoms with Gasteiger partial charge in [0.1, 0.15) is 11.8 Å². The van der Waals surface area contributed by atoms with E-state index in [-0.39, 0.29) is 28.4 Å². The van der Waals surface area contributed by atoms with Gasteiger partial charge in [-0.2, -0.15) is 4.31 Å². The third-order valence-corrected chi connectivity index (χ3v) is 7.49. The Hall–Kier alpha value is -2.13. The summed E-state index contributed by atoms with van der Waals surface area (Å²) < 4.78 is 38.5. The van der Waals surface area contributed by atoms with Gasteiger partial charge >= 0.3 is 5.97 Å². The molecule has 1 N–H and O–H groups in total. The van der Waals surface area contributed by atoms with Gasteiger partial charge in [0.05, 0.1) is 24.8 Å². The standard InChI is InChI=1S/C19H26N2O6S/c1-12(22)20-15-11-14(8-9-18(15)26-2)28(24,25)21-16-7-5-4-6-13(16)10-17(21)19(23)27-3/h8-9,11,13,16-17H,4-7,10H2,1-3H3,(H,20,22)/t13-,16+,17+/m1/s1. The van der Waals surface area contributed by atoms with Crippen molar-refractivity contribution in [3.05, 3.63) is 18.2 Å². The molecule has 8 nitrogen and oxygen atoms in total. The number of carbonyl (C=O) groups excluding carboxylic acids is 2. The van der Waals surface area contributed by atoms with Gasteiger partial charge in [-0.3, -0.25) is 9.59 Å². The van der Waals surface area contributed by atoms with Crippen molar-refractivity contribution in [2.24, 2.45) is 5.92 Å². The Balaban J connectivity index is 2.04. The van der Waals surface area contributed by atoms with Crippen LogP contribution in [0.1, 0.15) is 39.0 Å². The maximum atomic E-state index is 13.5. The van der Waals surface area contributed by atoms with Crippen LogP contribution in [0.5, 0.6) is 5.75 Å².